The first-order valence-corrected chi connectivity index (χ1v) is 4.26. The van der Waals surface area contributed by atoms with Crippen molar-refractivity contribution >= 4 is 41.2 Å². The molecule has 6 heteroatoms. The first kappa shape index (κ1) is 15.0. The zero-order valence-corrected chi connectivity index (χ0v) is 8.14. The van der Waals surface area contributed by atoms with Crippen molar-refractivity contribution in [1.82, 2.24) is 0 Å². The van der Waals surface area contributed by atoms with Crippen LogP contribution in [0, 0.1) is 0 Å². The molecule has 3 N–H and O–H groups in total. The van der Waals surface area contributed by atoms with Crippen LogP contribution in [0.2, 0.25) is 0 Å². The monoisotopic (exact) mass is 233 g/mol. The van der Waals surface area contributed by atoms with Gasteiger partial charge in [-0.05, 0) is 19.1 Å². The summed E-state index contributed by atoms with van der Waals surface area (Å²) in [6.07, 6.45) is 0. The van der Waals surface area contributed by atoms with Crippen LogP contribution >= 0.6 is 0 Å². The van der Waals surface area contributed by atoms with Crippen molar-refractivity contribution in [2.75, 3.05) is 6.54 Å². The maximum atomic E-state index is 10.3. The molecule has 5 nitrogen and oxygen atoms in total. The number of benzene rings is 1. The number of carboxylic acid groups (broad SMARTS) is 1. The molecule has 0 radical (unpaired) electrons. The Balaban J connectivity index is 0.00000225. The number of hydrogen-bond donors (Lipinski definition) is 3. The average Bonchev–Trinajstić information content (AvgIpc) is 2.14. The van der Waals surface area contributed by atoms with E-state index in [9.17, 15) is 9.90 Å². The second-order valence-electron chi connectivity index (χ2n) is 3.00. The summed E-state index contributed by atoms with van der Waals surface area (Å²) in [7, 11) is 0. The Morgan fingerprint density at radius 2 is 2.00 bits per heavy atom. The molecule has 0 bridgehead atoms. The van der Waals surface area contributed by atoms with Gasteiger partial charge in [-0.2, -0.15) is 0 Å². The quantitative estimate of drug-likeness (QED) is 0.518. The van der Waals surface area contributed by atoms with Gasteiger partial charge >= 0.3 is 35.5 Å². The number of rotatable bonds is 3. The van der Waals surface area contributed by atoms with Crippen molar-refractivity contribution in [2.24, 2.45) is 4.99 Å². The summed E-state index contributed by atoms with van der Waals surface area (Å²) < 4.78 is 0. The van der Waals surface area contributed by atoms with Gasteiger partial charge in [-0.3, -0.25) is 9.79 Å². The topological polar surface area (TPSA) is 90.1 Å². The molecule has 82 valence electrons. The van der Waals surface area contributed by atoms with Crippen molar-refractivity contribution in [1.29, 1.82) is 0 Å². The maximum absolute atomic E-state index is 10.3. The predicted molar refractivity (Wildman–Crippen MR) is 61.6 cm³/mol. The van der Waals surface area contributed by atoms with Gasteiger partial charge in [-0.1, -0.05) is 0 Å². The molecule has 0 saturated heterocycles. The van der Waals surface area contributed by atoms with E-state index in [-0.39, 0.29) is 47.6 Å². The number of phenolic OH excluding ortho intramolecular Hbond substituents is 2. The Bertz CT molecular complexity index is 417. The number of aliphatic carboxylic acids is 1. The third kappa shape index (κ3) is 4.22. The Morgan fingerprint density at radius 1 is 1.38 bits per heavy atom. The van der Waals surface area contributed by atoms with Gasteiger partial charge in [0.2, 0.25) is 0 Å². The fraction of sp³-hybridized carbons (Fsp3) is 0.200. The summed E-state index contributed by atoms with van der Waals surface area (Å²) in [6.45, 7) is 1.25. The van der Waals surface area contributed by atoms with Crippen LogP contribution in [0.5, 0.6) is 11.5 Å². The van der Waals surface area contributed by atoms with E-state index in [4.69, 9.17) is 10.2 Å². The number of phenols is 2. The summed E-state index contributed by atoms with van der Waals surface area (Å²) in [4.78, 5) is 14.0. The molecule has 1 aromatic carbocycles. The van der Waals surface area contributed by atoms with Gasteiger partial charge in [-0.25, -0.2) is 0 Å². The van der Waals surface area contributed by atoms with E-state index in [2.05, 4.69) is 4.99 Å². The zero-order chi connectivity index (χ0) is 11.4. The van der Waals surface area contributed by atoms with Gasteiger partial charge in [0.1, 0.15) is 18.0 Å². The van der Waals surface area contributed by atoms with Crippen LogP contribution in [0.3, 0.4) is 0 Å². The van der Waals surface area contributed by atoms with Crippen LogP contribution < -0.4 is 0 Å². The van der Waals surface area contributed by atoms with Crippen molar-refractivity contribution in [2.45, 2.75) is 6.92 Å². The number of aliphatic imine (C=N–C) groups is 1. The van der Waals surface area contributed by atoms with Crippen LogP contribution in [0.1, 0.15) is 12.5 Å². The normalized spacial score (nSPS) is 10.7. The molecule has 1 aromatic rings. The summed E-state index contributed by atoms with van der Waals surface area (Å²) in [5.74, 6) is -1.21. The minimum absolute atomic E-state index is 0. The minimum atomic E-state index is -1.03. The van der Waals surface area contributed by atoms with Gasteiger partial charge in [0.15, 0.2) is 0 Å². The van der Waals surface area contributed by atoms with Crippen LogP contribution in [0.15, 0.2) is 23.2 Å². The van der Waals surface area contributed by atoms with Crippen molar-refractivity contribution in [3.05, 3.63) is 23.8 Å². The Morgan fingerprint density at radius 3 is 2.50 bits per heavy atom. The molecule has 0 atom stereocenters. The molecule has 0 spiro atoms. The predicted octanol–water partition coefficient (Wildman–Crippen LogP) is 0.343. The Hall–Kier alpha value is -1.04. The van der Waals surface area contributed by atoms with Gasteiger partial charge in [0.05, 0.1) is 0 Å². The first-order valence-electron chi connectivity index (χ1n) is 4.26. The average molecular weight is 233 g/mol. The van der Waals surface area contributed by atoms with E-state index in [1.54, 1.807) is 6.92 Å². The summed E-state index contributed by atoms with van der Waals surface area (Å²) in [5, 5.41) is 26.9. The van der Waals surface area contributed by atoms with Crippen LogP contribution in [0.4, 0.5) is 0 Å². The molecule has 0 unspecified atom stereocenters. The fourth-order valence-electron chi connectivity index (χ4n) is 1.10. The molecule has 0 aliphatic rings. The van der Waals surface area contributed by atoms with Crippen LogP contribution in [-0.2, 0) is 4.79 Å². The van der Waals surface area contributed by atoms with E-state index in [1.165, 1.54) is 18.2 Å². The number of carbonyl (C=O) groups is 1. The van der Waals surface area contributed by atoms with E-state index >= 15 is 0 Å². The fourth-order valence-corrected chi connectivity index (χ4v) is 1.10. The second-order valence-corrected chi connectivity index (χ2v) is 3.00. The Kier molecular flexibility index (Phi) is 6.10. The van der Waals surface area contributed by atoms with Crippen molar-refractivity contribution < 1.29 is 20.1 Å². The van der Waals surface area contributed by atoms with Crippen LogP contribution in [-0.4, -0.2) is 63.1 Å². The standard InChI is InChI=1S/C10H11NO4.Na.H/c1-6(11-5-10(14)15)8-3-2-7(12)4-9(8)13;;/h2-4,12-13H,5H2,1H3,(H,14,15);;/b11-6+;;. The number of hydrogen-bond acceptors (Lipinski definition) is 4. The van der Waals surface area contributed by atoms with Gasteiger partial charge in [-0.15, -0.1) is 0 Å². The van der Waals surface area contributed by atoms with Crippen molar-refractivity contribution in [3.8, 4) is 11.5 Å². The molecular weight excluding hydrogens is 221 g/mol. The molecule has 0 fully saturated rings. The zero-order valence-electron chi connectivity index (χ0n) is 8.14. The van der Waals surface area contributed by atoms with Gasteiger partial charge in [0, 0.05) is 17.3 Å². The molecule has 0 heterocycles. The van der Waals surface area contributed by atoms with Gasteiger partial charge in [0.25, 0.3) is 0 Å². The summed E-state index contributed by atoms with van der Waals surface area (Å²) in [5.41, 5.74) is 0.823. The molecular formula is C10H12NNaO4. The number of carboxylic acids is 1. The summed E-state index contributed by atoms with van der Waals surface area (Å²) in [6, 6.07) is 4.05. The van der Waals surface area contributed by atoms with E-state index in [1.807, 2.05) is 0 Å². The van der Waals surface area contributed by atoms with E-state index in [0.717, 1.165) is 0 Å². The SMILES string of the molecule is C/C(=N\CC(=O)O)c1ccc(O)cc1O.[NaH]. The van der Waals surface area contributed by atoms with Crippen molar-refractivity contribution in [3.63, 3.8) is 0 Å². The molecule has 16 heavy (non-hydrogen) atoms. The van der Waals surface area contributed by atoms with Crippen LogP contribution in [0.25, 0.3) is 0 Å². The number of aromatic hydroxyl groups is 2. The molecule has 0 aromatic heterocycles. The third-order valence-corrected chi connectivity index (χ3v) is 1.82. The first-order chi connectivity index (χ1) is 7.00. The van der Waals surface area contributed by atoms with E-state index in [0.29, 0.717) is 11.3 Å². The molecule has 0 aliphatic carbocycles. The molecule has 0 amide bonds. The summed E-state index contributed by atoms with van der Waals surface area (Å²) >= 11 is 0. The number of nitrogens with zero attached hydrogens (tertiary/aromatic N) is 1. The van der Waals surface area contributed by atoms with E-state index < -0.39 is 5.97 Å². The molecule has 0 saturated carbocycles. The second kappa shape index (κ2) is 6.52. The Labute approximate surface area is 115 Å². The molecule has 0 aliphatic heterocycles. The molecule has 1 rings (SSSR count). The van der Waals surface area contributed by atoms with Gasteiger partial charge < -0.3 is 15.3 Å². The third-order valence-electron chi connectivity index (χ3n) is 1.82.